The predicted molar refractivity (Wildman–Crippen MR) is 338 cm³/mol. The van der Waals surface area contributed by atoms with Gasteiger partial charge in [0.25, 0.3) is 0 Å². The maximum absolute atomic E-state index is 12.5. The van der Waals surface area contributed by atoms with Gasteiger partial charge in [-0.3, -0.25) is 9.59 Å². The Morgan fingerprint density at radius 1 is 0.351 bits per heavy atom. The molecular weight excluding hydrogens is 947 g/mol. The molecule has 0 aromatic rings. The minimum atomic E-state index is -0.843. The first-order valence-corrected chi connectivity index (χ1v) is 34.8. The second-order valence-corrected chi connectivity index (χ2v) is 23.9. The summed E-state index contributed by atoms with van der Waals surface area (Å²) in [6.07, 6.45) is 85.1. The summed E-state index contributed by atoms with van der Waals surface area (Å²) in [5.41, 5.74) is 0. The summed E-state index contributed by atoms with van der Waals surface area (Å²) in [5, 5.41) is 23.1. The number of rotatable bonds is 65. The molecule has 0 fully saturated rings. The molecule has 0 aromatic carbocycles. The molecule has 0 aliphatic rings. The normalized spacial score (nSPS) is 12.7. The lowest BCUT2D eigenvalue weighted by Gasteiger charge is -2.20. The molecule has 0 aliphatic heterocycles. The topological polar surface area (TPSA) is 95.9 Å². The third kappa shape index (κ3) is 63.1. The lowest BCUT2D eigenvalue weighted by molar-refractivity contribution is -0.143. The van der Waals surface area contributed by atoms with Crippen LogP contribution in [0.25, 0.3) is 0 Å². The van der Waals surface area contributed by atoms with Crippen LogP contribution >= 0.6 is 0 Å². The van der Waals surface area contributed by atoms with Crippen molar-refractivity contribution in [2.75, 3.05) is 13.2 Å². The second kappa shape index (κ2) is 66.6. The maximum atomic E-state index is 12.5. The summed E-state index contributed by atoms with van der Waals surface area (Å²) in [6.45, 7) is 4.92. The predicted octanol–water partition coefficient (Wildman–Crippen LogP) is 22.3. The van der Waals surface area contributed by atoms with Crippen LogP contribution in [-0.4, -0.2) is 47.4 Å². The van der Waals surface area contributed by atoms with Crippen LogP contribution in [0.3, 0.4) is 0 Å². The molecule has 0 radical (unpaired) electrons. The van der Waals surface area contributed by atoms with Gasteiger partial charge in [0, 0.05) is 12.8 Å². The van der Waals surface area contributed by atoms with Crippen LogP contribution in [0.15, 0.2) is 36.5 Å². The second-order valence-electron chi connectivity index (χ2n) is 23.9. The van der Waals surface area contributed by atoms with Gasteiger partial charge in [-0.1, -0.05) is 320 Å². The molecule has 454 valence electrons. The smallest absolute Gasteiger partial charge is 0.305 e. The summed E-state index contributed by atoms with van der Waals surface area (Å²) in [7, 11) is 0. The Kier molecular flexibility index (Phi) is 64.9. The van der Waals surface area contributed by atoms with Crippen molar-refractivity contribution in [1.82, 2.24) is 5.32 Å². The van der Waals surface area contributed by atoms with Crippen molar-refractivity contribution in [3.63, 3.8) is 0 Å². The number of hydrogen-bond donors (Lipinski definition) is 3. The standard InChI is InChI=1S/C71H135NO5/c1-3-5-7-9-11-13-15-17-19-37-41-45-49-53-57-61-65-71(76)77-66-62-58-54-50-46-42-38-35-33-31-29-27-25-23-21-20-22-24-26-28-30-32-34-36-40-44-48-52-56-60-64-70(75)72-68(67-73)69(74)63-59-55-51-47-43-39-18-16-14-12-10-8-6-4-2/h19,21,23,37,59,63,68-69,73-74H,3-18,20,22,24-36,38-58,60-62,64-67H2,1-2H3,(H,72,75)/b23-21-,37-19-,63-59+. The van der Waals surface area contributed by atoms with Gasteiger partial charge in [-0.15, -0.1) is 0 Å². The van der Waals surface area contributed by atoms with Crippen LogP contribution in [-0.2, 0) is 14.3 Å². The van der Waals surface area contributed by atoms with Gasteiger partial charge >= 0.3 is 5.97 Å². The summed E-state index contributed by atoms with van der Waals surface area (Å²) < 4.78 is 5.49. The zero-order valence-electron chi connectivity index (χ0n) is 52.0. The zero-order valence-corrected chi connectivity index (χ0v) is 52.0. The Morgan fingerprint density at radius 2 is 0.610 bits per heavy atom. The van der Waals surface area contributed by atoms with Crippen molar-refractivity contribution in [1.29, 1.82) is 0 Å². The zero-order chi connectivity index (χ0) is 55.7. The minimum absolute atomic E-state index is 0.00970. The molecule has 0 saturated heterocycles. The van der Waals surface area contributed by atoms with Gasteiger partial charge in [0.05, 0.1) is 25.4 Å². The fourth-order valence-electron chi connectivity index (χ4n) is 10.8. The number of hydrogen-bond acceptors (Lipinski definition) is 5. The Labute approximate surface area is 481 Å². The molecule has 1 amide bonds. The van der Waals surface area contributed by atoms with Crippen molar-refractivity contribution < 1.29 is 24.5 Å². The average molecular weight is 1080 g/mol. The first-order valence-electron chi connectivity index (χ1n) is 34.8. The van der Waals surface area contributed by atoms with Crippen LogP contribution in [0.5, 0.6) is 0 Å². The summed E-state index contributed by atoms with van der Waals surface area (Å²) >= 11 is 0. The third-order valence-electron chi connectivity index (χ3n) is 16.1. The number of esters is 1. The van der Waals surface area contributed by atoms with Crippen LogP contribution in [0.4, 0.5) is 0 Å². The van der Waals surface area contributed by atoms with Gasteiger partial charge in [0.15, 0.2) is 0 Å². The number of carbonyl (C=O) groups excluding carboxylic acids is 2. The van der Waals surface area contributed by atoms with E-state index in [1.807, 2.05) is 6.08 Å². The first kappa shape index (κ1) is 75.1. The van der Waals surface area contributed by atoms with Gasteiger partial charge in [0.1, 0.15) is 0 Å². The number of allylic oxidation sites excluding steroid dienone is 5. The minimum Gasteiger partial charge on any atom is -0.466 e. The monoisotopic (exact) mass is 1080 g/mol. The lowest BCUT2D eigenvalue weighted by atomic mass is 10.0. The number of unbranched alkanes of at least 4 members (excludes halogenated alkanes) is 50. The van der Waals surface area contributed by atoms with Crippen molar-refractivity contribution in [2.24, 2.45) is 0 Å². The van der Waals surface area contributed by atoms with Gasteiger partial charge in [-0.2, -0.15) is 0 Å². The first-order chi connectivity index (χ1) is 38.0. The fraction of sp³-hybridized carbons (Fsp3) is 0.887. The number of amides is 1. The highest BCUT2D eigenvalue weighted by Gasteiger charge is 2.18. The van der Waals surface area contributed by atoms with Crippen LogP contribution < -0.4 is 5.32 Å². The van der Waals surface area contributed by atoms with Crippen molar-refractivity contribution in [3.05, 3.63) is 36.5 Å². The molecule has 0 heterocycles. The van der Waals surface area contributed by atoms with Crippen molar-refractivity contribution >= 4 is 11.9 Å². The molecular formula is C71H135NO5. The van der Waals surface area contributed by atoms with Gasteiger partial charge < -0.3 is 20.3 Å². The Bertz CT molecular complexity index is 1250. The SMILES string of the molecule is CCCCCCCCC/C=C\CCCCCCCC(=O)OCCCCCCCCCCCCCC/C=C\CCCCCCCCCCCCCCCCC(=O)NC(CO)C(O)/C=C/CCCCCCCCCCCCCC. The Balaban J connectivity index is 3.37. The van der Waals surface area contributed by atoms with E-state index in [0.29, 0.717) is 19.4 Å². The molecule has 77 heavy (non-hydrogen) atoms. The molecule has 0 aromatic heterocycles. The highest BCUT2D eigenvalue weighted by molar-refractivity contribution is 5.76. The quantitative estimate of drug-likeness (QED) is 0.0320. The van der Waals surface area contributed by atoms with E-state index in [0.717, 1.165) is 44.9 Å². The van der Waals surface area contributed by atoms with Gasteiger partial charge in [0.2, 0.25) is 5.91 Å². The number of carbonyl (C=O) groups is 2. The lowest BCUT2D eigenvalue weighted by Crippen LogP contribution is -2.45. The molecule has 3 N–H and O–H groups in total. The molecule has 6 heteroatoms. The highest BCUT2D eigenvalue weighted by atomic mass is 16.5. The molecule has 2 atom stereocenters. The van der Waals surface area contributed by atoms with Crippen LogP contribution in [0.1, 0.15) is 380 Å². The Hall–Kier alpha value is -1.92. The van der Waals surface area contributed by atoms with E-state index in [4.69, 9.17) is 4.74 Å². The number of aliphatic hydroxyl groups excluding tert-OH is 2. The highest BCUT2D eigenvalue weighted by Crippen LogP contribution is 2.18. The van der Waals surface area contributed by atoms with E-state index >= 15 is 0 Å². The van der Waals surface area contributed by atoms with Gasteiger partial charge in [-0.05, 0) is 83.5 Å². The molecule has 0 saturated carbocycles. The number of nitrogens with one attached hydrogen (secondary N) is 1. The van der Waals surface area contributed by atoms with Crippen molar-refractivity contribution in [3.8, 4) is 0 Å². The van der Waals surface area contributed by atoms with Crippen LogP contribution in [0, 0.1) is 0 Å². The van der Waals surface area contributed by atoms with Crippen LogP contribution in [0.2, 0.25) is 0 Å². The average Bonchev–Trinajstić information content (AvgIpc) is 3.43. The molecule has 0 aliphatic carbocycles. The van der Waals surface area contributed by atoms with Crippen molar-refractivity contribution in [2.45, 2.75) is 392 Å². The Morgan fingerprint density at radius 3 is 0.922 bits per heavy atom. The molecule has 2 unspecified atom stereocenters. The van der Waals surface area contributed by atoms with E-state index in [1.165, 1.54) is 308 Å². The fourth-order valence-corrected chi connectivity index (χ4v) is 10.8. The maximum Gasteiger partial charge on any atom is 0.305 e. The number of aliphatic hydroxyl groups is 2. The summed E-state index contributed by atoms with van der Waals surface area (Å²) in [5.74, 6) is -0.0553. The summed E-state index contributed by atoms with van der Waals surface area (Å²) in [6, 6.07) is -0.626. The molecule has 0 spiro atoms. The van der Waals surface area contributed by atoms with E-state index in [-0.39, 0.29) is 18.5 Å². The summed E-state index contributed by atoms with van der Waals surface area (Å²) in [4.78, 5) is 24.6. The van der Waals surface area contributed by atoms with Gasteiger partial charge in [-0.25, -0.2) is 0 Å². The number of ether oxygens (including phenoxy) is 1. The molecule has 0 rings (SSSR count). The van der Waals surface area contributed by atoms with E-state index in [9.17, 15) is 19.8 Å². The largest absolute Gasteiger partial charge is 0.466 e. The van der Waals surface area contributed by atoms with E-state index < -0.39 is 12.1 Å². The van der Waals surface area contributed by atoms with E-state index in [2.05, 4.69) is 43.5 Å². The molecule has 6 nitrogen and oxygen atoms in total. The molecule has 0 bridgehead atoms. The van der Waals surface area contributed by atoms with E-state index in [1.54, 1.807) is 6.08 Å². The third-order valence-corrected chi connectivity index (χ3v) is 16.1.